The summed E-state index contributed by atoms with van der Waals surface area (Å²) >= 11 is 3.51. The first-order chi connectivity index (χ1) is 42.9. The average molecular weight is 1190 g/mol. The molecule has 0 aromatic heterocycles. The van der Waals surface area contributed by atoms with Gasteiger partial charge in [0.15, 0.2) is 0 Å². The molecular formula is C81H67B4BrN2. The van der Waals surface area contributed by atoms with Gasteiger partial charge in [-0.25, -0.2) is 0 Å². The van der Waals surface area contributed by atoms with Crippen molar-refractivity contribution in [2.24, 2.45) is 0 Å². The third kappa shape index (κ3) is 13.0. The third-order valence-electron chi connectivity index (χ3n) is 16.4. The first-order valence-corrected chi connectivity index (χ1v) is 30.5. The van der Waals surface area contributed by atoms with Gasteiger partial charge in [0.05, 0.1) is 0 Å². The Balaban J connectivity index is 0.000000190. The topological polar surface area (TPSA) is 29.3 Å². The molecule has 6 radical (unpaired) electrons. The molecule has 0 saturated carbocycles. The van der Waals surface area contributed by atoms with Crippen molar-refractivity contribution in [3.63, 3.8) is 0 Å². The number of anilines is 4. The minimum atomic E-state index is -0.667. The Labute approximate surface area is 534 Å². The number of hydrogen-bond donors (Lipinski definition) is 1. The molecule has 88 heavy (non-hydrogen) atoms. The summed E-state index contributed by atoms with van der Waals surface area (Å²) in [6, 6.07) is 109. The van der Waals surface area contributed by atoms with E-state index in [9.17, 15) is 0 Å². The number of aryl methyl sites for hydroxylation is 3. The van der Waals surface area contributed by atoms with E-state index in [1.807, 2.05) is 30.3 Å². The van der Waals surface area contributed by atoms with Crippen LogP contribution in [0.1, 0.15) is 21.0 Å². The number of nitrogens with two attached hydrogens (primary N) is 1. The van der Waals surface area contributed by atoms with Crippen LogP contribution in [0.5, 0.6) is 0 Å². The highest BCUT2D eigenvalue weighted by Crippen LogP contribution is 2.41. The zero-order valence-corrected chi connectivity index (χ0v) is 51.2. The van der Waals surface area contributed by atoms with Crippen LogP contribution in [0.4, 0.5) is 22.7 Å². The standard InChI is InChI=1S/C48H35N.C18H15N.C15H11Br.B4.3H2/c1-32-8-6-12-47-43(32)26-20-38-30-41(24-28-45(38)47)49(42-25-29-46-39(31-42)21-27-44-33(2)9-7-13-48(44)46)40-22-18-37(19-23-40)36-16-14-35(15-17-36)34-10-4-3-5-11-34;19-18-12-10-17(11-13-18)16-8-6-15(7-9-16)14-4-2-1-3-5-14;1-10-3-2-4-15-13(10)7-5-11-9-12(16)6-8-14(11)15;1-4(2)3;;;/h3-31H,1-2H3;1-13H,19H2;2-9H,1H3;;3*1H. The minimum absolute atomic E-state index is 0. The average Bonchev–Trinajstić information content (AvgIpc) is 0.885. The molecule has 7 heteroatoms. The number of nitrogens with zero attached hydrogens (tertiary/aromatic N) is 1. The fourth-order valence-corrected chi connectivity index (χ4v) is 12.3. The molecule has 0 atom stereocenters. The summed E-state index contributed by atoms with van der Waals surface area (Å²) in [5.74, 6) is 0. The summed E-state index contributed by atoms with van der Waals surface area (Å²) in [5, 5.41) is 15.5. The molecule has 420 valence electrons. The molecule has 15 rings (SSSR count). The lowest BCUT2D eigenvalue weighted by molar-refractivity contribution is 1.29. The quantitative estimate of drug-likeness (QED) is 0.0979. The molecule has 15 aromatic carbocycles. The molecule has 0 unspecified atom stereocenters. The van der Waals surface area contributed by atoms with Gasteiger partial charge in [-0.1, -0.05) is 259 Å². The van der Waals surface area contributed by atoms with Crippen LogP contribution in [0, 0.1) is 20.8 Å². The van der Waals surface area contributed by atoms with Crippen molar-refractivity contribution in [2.45, 2.75) is 20.8 Å². The molecule has 0 heterocycles. The summed E-state index contributed by atoms with van der Waals surface area (Å²) in [5.41, 5.74) is 23.6. The van der Waals surface area contributed by atoms with Gasteiger partial charge in [0.25, 0.3) is 0 Å². The predicted molar refractivity (Wildman–Crippen MR) is 396 cm³/mol. The largest absolute Gasteiger partial charge is 0.399 e. The zero-order chi connectivity index (χ0) is 60.7. The van der Waals surface area contributed by atoms with Gasteiger partial charge in [0.1, 0.15) is 0 Å². The van der Waals surface area contributed by atoms with Crippen molar-refractivity contribution >= 4 is 133 Å². The van der Waals surface area contributed by atoms with Crippen molar-refractivity contribution in [1.29, 1.82) is 0 Å². The Morgan fingerprint density at radius 2 is 0.568 bits per heavy atom. The van der Waals surface area contributed by atoms with E-state index in [1.54, 1.807) is 0 Å². The number of hydrogen-bond acceptors (Lipinski definition) is 2. The fraction of sp³-hybridized carbons (Fsp3) is 0.0370. The summed E-state index contributed by atoms with van der Waals surface area (Å²) in [6.45, 7) is 6.54. The smallest absolute Gasteiger partial charge is 0.0468 e. The summed E-state index contributed by atoms with van der Waals surface area (Å²) in [7, 11) is 14.0. The summed E-state index contributed by atoms with van der Waals surface area (Å²) in [4.78, 5) is 2.39. The molecule has 0 aliphatic carbocycles. The number of benzene rings is 15. The van der Waals surface area contributed by atoms with Crippen LogP contribution >= 0.6 is 15.9 Å². The van der Waals surface area contributed by atoms with Crippen LogP contribution in [-0.4, -0.2) is 29.6 Å². The Morgan fingerprint density at radius 3 is 0.932 bits per heavy atom. The van der Waals surface area contributed by atoms with E-state index in [2.05, 4.69) is 338 Å². The van der Waals surface area contributed by atoms with E-state index >= 15 is 0 Å². The normalized spacial score (nSPS) is 10.9. The van der Waals surface area contributed by atoms with E-state index < -0.39 is 6.39 Å². The van der Waals surface area contributed by atoms with Gasteiger partial charge in [-0.15, -0.1) is 0 Å². The third-order valence-corrected chi connectivity index (χ3v) is 16.9. The van der Waals surface area contributed by atoms with Gasteiger partial charge in [-0.05, 0) is 207 Å². The number of halogens is 1. The van der Waals surface area contributed by atoms with Crippen LogP contribution < -0.4 is 10.6 Å². The zero-order valence-electron chi connectivity index (χ0n) is 49.6. The lowest BCUT2D eigenvalue weighted by Crippen LogP contribution is -2.11. The van der Waals surface area contributed by atoms with Crippen molar-refractivity contribution in [3.8, 4) is 44.5 Å². The highest BCUT2D eigenvalue weighted by Gasteiger charge is 2.16. The molecule has 0 aliphatic rings. The molecule has 2 nitrogen and oxygen atoms in total. The highest BCUT2D eigenvalue weighted by atomic mass is 79.9. The predicted octanol–water partition coefficient (Wildman–Crippen LogP) is 22.6. The molecule has 0 fully saturated rings. The van der Waals surface area contributed by atoms with Gasteiger partial charge in [0, 0.05) is 61.1 Å². The van der Waals surface area contributed by atoms with E-state index in [0.29, 0.717) is 0 Å². The Kier molecular flexibility index (Phi) is 17.6. The Bertz CT molecular complexity index is 4810. The molecule has 0 spiro atoms. The highest BCUT2D eigenvalue weighted by molar-refractivity contribution is 9.10. The van der Waals surface area contributed by atoms with Gasteiger partial charge in [-0.2, -0.15) is 0 Å². The van der Waals surface area contributed by atoms with Crippen LogP contribution in [0.15, 0.2) is 308 Å². The Morgan fingerprint density at radius 1 is 0.284 bits per heavy atom. The van der Waals surface area contributed by atoms with Gasteiger partial charge < -0.3 is 10.6 Å². The van der Waals surface area contributed by atoms with E-state index in [0.717, 1.165) is 27.2 Å². The number of nitrogen functional groups attached to an aromatic ring is 1. The molecule has 15 aromatic rings. The SMILES string of the molecule is Cc1cccc2c1ccc1cc(Br)ccc12.Cc1cccc2c1ccc1cc(N(c3ccc(-c4ccc(-c5ccccc5)cc4)cc3)c3ccc4c(ccc5c(C)cccc54)c3)ccc12.Nc1ccc(-c2ccc(-c3ccccc3)cc2)cc1.[B]B([B])[B].[HH].[HH].[HH]. The summed E-state index contributed by atoms with van der Waals surface area (Å²) < 4.78 is 1.13. The lowest BCUT2D eigenvalue weighted by atomic mass is 9.08. The first kappa shape index (κ1) is 58.6. The van der Waals surface area contributed by atoms with Crippen LogP contribution in [0.3, 0.4) is 0 Å². The molecule has 2 N–H and O–H groups in total. The number of fused-ring (bicyclic) bond motifs is 9. The van der Waals surface area contributed by atoms with Crippen LogP contribution in [0.25, 0.3) is 109 Å². The van der Waals surface area contributed by atoms with Crippen LogP contribution in [0.2, 0.25) is 0 Å². The van der Waals surface area contributed by atoms with Gasteiger partial charge >= 0.3 is 0 Å². The fourth-order valence-electron chi connectivity index (χ4n) is 11.9. The maximum atomic E-state index is 5.70. The van der Waals surface area contributed by atoms with Crippen LogP contribution in [-0.2, 0) is 0 Å². The van der Waals surface area contributed by atoms with E-state index in [-0.39, 0.29) is 4.28 Å². The monoisotopic (exact) mass is 1190 g/mol. The number of rotatable bonds is 7. The Hall–Kier alpha value is -9.80. The van der Waals surface area contributed by atoms with Crippen molar-refractivity contribution in [3.05, 3.63) is 324 Å². The minimum Gasteiger partial charge on any atom is -0.399 e. The van der Waals surface area contributed by atoms with E-state index in [4.69, 9.17) is 5.73 Å². The molecular weight excluding hydrogens is 1120 g/mol. The maximum Gasteiger partial charge on any atom is 0.0468 e. The van der Waals surface area contributed by atoms with Crippen molar-refractivity contribution in [2.75, 3.05) is 10.6 Å². The molecule has 0 amide bonds. The molecule has 0 saturated heterocycles. The molecule has 0 bridgehead atoms. The van der Waals surface area contributed by atoms with Gasteiger partial charge in [0.2, 0.25) is 0 Å². The second-order valence-electron chi connectivity index (χ2n) is 22.4. The lowest BCUT2D eigenvalue weighted by Gasteiger charge is -2.27. The second kappa shape index (κ2) is 26.4. The van der Waals surface area contributed by atoms with Crippen molar-refractivity contribution < 1.29 is 4.28 Å². The van der Waals surface area contributed by atoms with Gasteiger partial charge in [-0.3, -0.25) is 0 Å². The molecule has 0 aliphatic heterocycles. The first-order valence-electron chi connectivity index (χ1n) is 29.7. The summed E-state index contributed by atoms with van der Waals surface area (Å²) in [6.07, 6.45) is -0.667. The van der Waals surface area contributed by atoms with E-state index in [1.165, 1.54) is 126 Å². The van der Waals surface area contributed by atoms with Crippen molar-refractivity contribution in [1.82, 2.24) is 0 Å². The maximum absolute atomic E-state index is 5.70. The second-order valence-corrected chi connectivity index (χ2v) is 23.3.